The molecule has 0 fully saturated rings. The first-order valence-electron chi connectivity index (χ1n) is 7.90. The van der Waals surface area contributed by atoms with Gasteiger partial charge in [0.15, 0.2) is 17.3 Å². The highest BCUT2D eigenvalue weighted by atomic mass is 28.3. The van der Waals surface area contributed by atoms with E-state index in [0.717, 1.165) is 0 Å². The van der Waals surface area contributed by atoms with Crippen molar-refractivity contribution >= 4 is 24.3 Å². The van der Waals surface area contributed by atoms with Crippen molar-refractivity contribution < 1.29 is 13.2 Å². The van der Waals surface area contributed by atoms with Gasteiger partial charge in [-0.3, -0.25) is 5.10 Å². The molecule has 0 aliphatic rings. The zero-order valence-corrected chi connectivity index (χ0v) is 15.7. The van der Waals surface area contributed by atoms with Gasteiger partial charge >= 0.3 is 0 Å². The van der Waals surface area contributed by atoms with Gasteiger partial charge in [0.1, 0.15) is 11.4 Å². The molecule has 4 nitrogen and oxygen atoms in total. The molecule has 25 heavy (non-hydrogen) atoms. The van der Waals surface area contributed by atoms with Gasteiger partial charge in [-0.25, -0.2) is 18.7 Å². The van der Waals surface area contributed by atoms with Gasteiger partial charge in [0.05, 0.1) is 8.07 Å². The van der Waals surface area contributed by atoms with Crippen LogP contribution in [0, 0.1) is 17.6 Å². The number of nitrogens with one attached hydrogen (secondary N) is 1. The molecular weight excluding hydrogens is 345 g/mol. The Morgan fingerprint density at radius 2 is 1.72 bits per heavy atom. The summed E-state index contributed by atoms with van der Waals surface area (Å²) in [4.78, 5) is 7.60. The number of nitrogens with zero attached hydrogens (tertiary/aromatic N) is 3. The van der Waals surface area contributed by atoms with Crippen LogP contribution in [0.2, 0.25) is 18.1 Å². The molecule has 0 amide bonds. The van der Waals surface area contributed by atoms with Crippen molar-refractivity contribution in [2.75, 3.05) is 0 Å². The Morgan fingerprint density at radius 1 is 1.04 bits per heavy atom. The first-order chi connectivity index (χ1) is 11.6. The summed E-state index contributed by atoms with van der Waals surface area (Å²) in [5.74, 6) is -3.36. The van der Waals surface area contributed by atoms with Crippen molar-refractivity contribution in [1.29, 1.82) is 0 Å². The molecule has 0 radical (unpaired) electrons. The lowest BCUT2D eigenvalue weighted by Gasteiger charge is -2.37. The number of hydrogen-bond donors (Lipinski definition) is 1. The van der Waals surface area contributed by atoms with E-state index in [-0.39, 0.29) is 21.6 Å². The van der Waals surface area contributed by atoms with Crippen LogP contribution in [0.25, 0.3) is 22.4 Å². The van der Waals surface area contributed by atoms with Gasteiger partial charge in [0, 0.05) is 16.8 Å². The first kappa shape index (κ1) is 17.6. The second-order valence-electron chi connectivity index (χ2n) is 7.60. The Kier molecular flexibility index (Phi) is 3.98. The van der Waals surface area contributed by atoms with Crippen LogP contribution in [0.4, 0.5) is 13.2 Å². The maximum absolute atomic E-state index is 15.3. The molecule has 0 aliphatic heterocycles. The topological polar surface area (TPSA) is 54.5 Å². The number of aromatic amines is 1. The maximum atomic E-state index is 15.3. The fourth-order valence-corrected chi connectivity index (χ4v) is 4.70. The molecule has 0 aromatic carbocycles. The Balaban J connectivity index is 2.34. The van der Waals surface area contributed by atoms with E-state index in [1.807, 2.05) is 33.9 Å². The van der Waals surface area contributed by atoms with E-state index < -0.39 is 25.7 Å². The summed E-state index contributed by atoms with van der Waals surface area (Å²) in [6.07, 6.45) is 1.56. The van der Waals surface area contributed by atoms with E-state index in [4.69, 9.17) is 0 Å². The number of hydrogen-bond acceptors (Lipinski definition) is 3. The molecule has 132 valence electrons. The third-order valence-electron chi connectivity index (χ3n) is 5.10. The maximum Gasteiger partial charge on any atom is 0.249 e. The number of rotatable bonds is 2. The highest BCUT2D eigenvalue weighted by molar-refractivity contribution is 6.92. The lowest BCUT2D eigenvalue weighted by molar-refractivity contribution is 0.472. The SMILES string of the molecule is CC(C)(C)[Si](C)(C)c1c(F)c(F)nc(-c2n[nH]c3ncccc23)c1F. The molecule has 8 heteroatoms. The Hall–Kier alpha value is -2.22. The number of halogens is 3. The molecule has 1 N–H and O–H groups in total. The Labute approximate surface area is 144 Å². The summed E-state index contributed by atoms with van der Waals surface area (Å²) in [7, 11) is -2.70. The van der Waals surface area contributed by atoms with Crippen LogP contribution in [0.5, 0.6) is 0 Å². The molecule has 3 aromatic heterocycles. The fraction of sp³-hybridized carbons (Fsp3) is 0.353. The third kappa shape index (κ3) is 2.64. The second kappa shape index (κ2) is 5.65. The summed E-state index contributed by atoms with van der Waals surface area (Å²) in [5.41, 5.74) is 0.259. The molecular formula is C17H19F3N4Si. The molecule has 3 heterocycles. The summed E-state index contributed by atoms with van der Waals surface area (Å²) < 4.78 is 44.1. The highest BCUT2D eigenvalue weighted by Crippen LogP contribution is 2.38. The van der Waals surface area contributed by atoms with E-state index in [9.17, 15) is 8.78 Å². The van der Waals surface area contributed by atoms with Gasteiger partial charge in [-0.05, 0) is 17.2 Å². The van der Waals surface area contributed by atoms with Crippen molar-refractivity contribution in [3.63, 3.8) is 0 Å². The van der Waals surface area contributed by atoms with Crippen LogP contribution >= 0.6 is 0 Å². The van der Waals surface area contributed by atoms with E-state index in [0.29, 0.717) is 11.0 Å². The van der Waals surface area contributed by atoms with Crippen molar-refractivity contribution in [2.24, 2.45) is 0 Å². The minimum atomic E-state index is -2.70. The summed E-state index contributed by atoms with van der Waals surface area (Å²) >= 11 is 0. The predicted molar refractivity (Wildman–Crippen MR) is 93.8 cm³/mol. The number of H-pyrrole nitrogens is 1. The number of fused-ring (bicyclic) bond motifs is 1. The molecule has 3 rings (SSSR count). The summed E-state index contributed by atoms with van der Waals surface area (Å²) in [5, 5.41) is 6.61. The smallest absolute Gasteiger partial charge is 0.249 e. The largest absolute Gasteiger partial charge is 0.260 e. The van der Waals surface area contributed by atoms with Crippen LogP contribution in [-0.2, 0) is 0 Å². The molecule has 0 unspecified atom stereocenters. The molecule has 3 aromatic rings. The van der Waals surface area contributed by atoms with E-state index >= 15 is 4.39 Å². The fourth-order valence-electron chi connectivity index (χ4n) is 2.63. The van der Waals surface area contributed by atoms with E-state index in [1.54, 1.807) is 18.3 Å². The van der Waals surface area contributed by atoms with Gasteiger partial charge in [-0.15, -0.1) is 0 Å². The molecule has 0 spiro atoms. The zero-order chi connectivity index (χ0) is 18.6. The standard InChI is InChI=1S/C17H19F3N4Si/c1-17(2,3)25(4,5)14-10(18)13(22-15(20)11(14)19)12-9-7-6-8-21-16(9)24-23-12/h6-8H,1-5H3,(H,21,23,24). The van der Waals surface area contributed by atoms with Crippen molar-refractivity contribution in [3.05, 3.63) is 35.9 Å². The van der Waals surface area contributed by atoms with Crippen LogP contribution in [0.15, 0.2) is 18.3 Å². The minimum absolute atomic E-state index is 0.124. The number of pyridine rings is 2. The normalized spacial score (nSPS) is 12.8. The van der Waals surface area contributed by atoms with Crippen molar-refractivity contribution in [3.8, 4) is 11.4 Å². The monoisotopic (exact) mass is 364 g/mol. The van der Waals surface area contributed by atoms with Crippen LogP contribution in [0.3, 0.4) is 0 Å². The molecule has 0 saturated heterocycles. The van der Waals surface area contributed by atoms with Gasteiger partial charge < -0.3 is 0 Å². The van der Waals surface area contributed by atoms with Crippen molar-refractivity contribution in [2.45, 2.75) is 38.9 Å². The van der Waals surface area contributed by atoms with Crippen molar-refractivity contribution in [1.82, 2.24) is 20.2 Å². The van der Waals surface area contributed by atoms with E-state index in [2.05, 4.69) is 20.2 Å². The molecule has 0 bridgehead atoms. The van der Waals surface area contributed by atoms with Crippen LogP contribution in [0.1, 0.15) is 20.8 Å². The lowest BCUT2D eigenvalue weighted by Crippen LogP contribution is -2.53. The van der Waals surface area contributed by atoms with Crippen LogP contribution in [-0.4, -0.2) is 28.2 Å². The van der Waals surface area contributed by atoms with Gasteiger partial charge in [-0.2, -0.15) is 9.49 Å². The molecule has 0 saturated carbocycles. The minimum Gasteiger partial charge on any atom is -0.260 e. The first-order valence-corrected chi connectivity index (χ1v) is 10.9. The quantitative estimate of drug-likeness (QED) is 0.549. The van der Waals surface area contributed by atoms with E-state index in [1.165, 1.54) is 0 Å². The van der Waals surface area contributed by atoms with Crippen LogP contribution < -0.4 is 5.19 Å². The lowest BCUT2D eigenvalue weighted by atomic mass is 10.2. The van der Waals surface area contributed by atoms with Gasteiger partial charge in [-0.1, -0.05) is 33.9 Å². The Bertz CT molecular complexity index is 960. The highest BCUT2D eigenvalue weighted by Gasteiger charge is 2.43. The number of aromatic nitrogens is 4. The molecule has 0 atom stereocenters. The second-order valence-corrected chi connectivity index (χ2v) is 12.9. The average molecular weight is 364 g/mol. The van der Waals surface area contributed by atoms with Gasteiger partial charge in [0.2, 0.25) is 5.95 Å². The molecule has 0 aliphatic carbocycles. The predicted octanol–water partition coefficient (Wildman–Crippen LogP) is 4.15. The zero-order valence-electron chi connectivity index (χ0n) is 14.7. The average Bonchev–Trinajstić information content (AvgIpc) is 2.93. The Morgan fingerprint density at radius 3 is 2.36 bits per heavy atom. The third-order valence-corrected chi connectivity index (χ3v) is 10.5. The summed E-state index contributed by atoms with van der Waals surface area (Å²) in [6.45, 7) is 9.36. The van der Waals surface area contributed by atoms with Gasteiger partial charge in [0.25, 0.3) is 0 Å². The summed E-state index contributed by atoms with van der Waals surface area (Å²) in [6, 6.07) is 3.34.